The van der Waals surface area contributed by atoms with Gasteiger partial charge in [0.05, 0.1) is 19.1 Å². The highest BCUT2D eigenvalue weighted by atomic mass is 19.4. The molecule has 0 aliphatic heterocycles. The number of halogens is 4. The average molecular weight is 303 g/mol. The highest BCUT2D eigenvalue weighted by Crippen LogP contribution is 2.26. The van der Waals surface area contributed by atoms with Gasteiger partial charge in [0.2, 0.25) is 0 Å². The molecule has 0 N–H and O–H groups in total. The van der Waals surface area contributed by atoms with Crippen LogP contribution in [0.2, 0.25) is 0 Å². The quantitative estimate of drug-likeness (QED) is 0.434. The van der Waals surface area contributed by atoms with Crippen molar-refractivity contribution in [3.05, 3.63) is 48.0 Å². The maximum atomic E-state index is 12.9. The molecule has 116 valence electrons. The molecule has 0 saturated heterocycles. The normalized spacial score (nSPS) is 13.9. The summed E-state index contributed by atoms with van der Waals surface area (Å²) in [6, 6.07) is 5.27. The molecule has 0 aromatic heterocycles. The molecule has 1 atom stereocenters. The fourth-order valence-corrected chi connectivity index (χ4v) is 1.52. The van der Waals surface area contributed by atoms with Crippen molar-refractivity contribution in [2.24, 2.45) is 10.9 Å². The lowest BCUT2D eigenvalue weighted by Crippen LogP contribution is -2.23. The molecule has 0 spiro atoms. The third-order valence-electron chi connectivity index (χ3n) is 2.78. The fourth-order valence-electron chi connectivity index (χ4n) is 1.52. The van der Waals surface area contributed by atoms with Gasteiger partial charge in [0.1, 0.15) is 17.3 Å². The summed E-state index contributed by atoms with van der Waals surface area (Å²) in [5.41, 5.74) is 0.664. The Labute approximate surface area is 121 Å². The largest absolute Gasteiger partial charge is 0.492 e. The minimum absolute atomic E-state index is 0.165. The zero-order valence-electron chi connectivity index (χ0n) is 11.9. The van der Waals surface area contributed by atoms with Gasteiger partial charge in [0, 0.05) is 5.56 Å². The molecule has 0 amide bonds. The highest BCUT2D eigenvalue weighted by molar-refractivity contribution is 6.11. The molecule has 2 nitrogen and oxygen atoms in total. The molecule has 0 heterocycles. The Morgan fingerprint density at radius 2 is 1.86 bits per heavy atom. The summed E-state index contributed by atoms with van der Waals surface area (Å²) in [6.45, 7) is 6.31. The van der Waals surface area contributed by atoms with E-state index in [9.17, 15) is 17.6 Å². The van der Waals surface area contributed by atoms with E-state index in [1.54, 1.807) is 6.92 Å². The molecule has 1 aromatic carbocycles. The van der Waals surface area contributed by atoms with Gasteiger partial charge in [-0.25, -0.2) is 4.39 Å². The van der Waals surface area contributed by atoms with Crippen LogP contribution in [-0.2, 0) is 4.74 Å². The van der Waals surface area contributed by atoms with Crippen molar-refractivity contribution in [1.29, 1.82) is 0 Å². The van der Waals surface area contributed by atoms with Crippen molar-refractivity contribution in [2.45, 2.75) is 20.0 Å². The van der Waals surface area contributed by atoms with Gasteiger partial charge in [-0.05, 0) is 31.2 Å². The Morgan fingerprint density at radius 1 is 1.29 bits per heavy atom. The van der Waals surface area contributed by atoms with E-state index in [0.717, 1.165) is 6.92 Å². The van der Waals surface area contributed by atoms with E-state index in [2.05, 4.69) is 11.6 Å². The van der Waals surface area contributed by atoms with Gasteiger partial charge < -0.3 is 4.74 Å². The topological polar surface area (TPSA) is 21.6 Å². The third kappa shape index (κ3) is 5.21. The van der Waals surface area contributed by atoms with E-state index in [-0.39, 0.29) is 11.5 Å². The van der Waals surface area contributed by atoms with Crippen molar-refractivity contribution in [2.75, 3.05) is 13.2 Å². The molecule has 1 unspecified atom stereocenters. The number of allylic oxidation sites excluding steroid dienone is 1. The van der Waals surface area contributed by atoms with Gasteiger partial charge in [-0.3, -0.25) is 4.99 Å². The molecule has 0 bridgehead atoms. The lowest BCUT2D eigenvalue weighted by atomic mass is 10.1. The van der Waals surface area contributed by atoms with E-state index in [4.69, 9.17) is 4.74 Å². The number of hydrogen-bond acceptors (Lipinski definition) is 2. The van der Waals surface area contributed by atoms with Crippen molar-refractivity contribution >= 4 is 5.71 Å². The Bertz CT molecular complexity index is 505. The second-order valence-electron chi connectivity index (χ2n) is 4.50. The molecule has 21 heavy (non-hydrogen) atoms. The minimum atomic E-state index is -4.32. The maximum absolute atomic E-state index is 12.9. The first kappa shape index (κ1) is 17.2. The second-order valence-corrected chi connectivity index (χ2v) is 4.50. The second kappa shape index (κ2) is 7.24. The number of benzene rings is 1. The predicted molar refractivity (Wildman–Crippen MR) is 73.8 cm³/mol. The van der Waals surface area contributed by atoms with Gasteiger partial charge >= 0.3 is 6.18 Å². The summed E-state index contributed by atoms with van der Waals surface area (Å²) in [5.74, 6) is -1.86. The fraction of sp³-hybridized carbons (Fsp3) is 0.400. The molecular formula is C15H17F4NO. The first-order valence-corrected chi connectivity index (χ1v) is 6.44. The van der Waals surface area contributed by atoms with Crippen LogP contribution in [0.5, 0.6) is 0 Å². The smallest absolute Gasteiger partial charge is 0.393 e. The first-order valence-electron chi connectivity index (χ1n) is 6.44. The summed E-state index contributed by atoms with van der Waals surface area (Å²) in [5, 5.41) is 0. The molecule has 1 rings (SSSR count). The molecule has 1 aromatic rings. The highest BCUT2D eigenvalue weighted by Gasteiger charge is 2.35. The molecule has 0 aliphatic carbocycles. The van der Waals surface area contributed by atoms with Crippen LogP contribution in [0.25, 0.3) is 0 Å². The number of aliphatic imine (C=N–C) groups is 1. The van der Waals surface area contributed by atoms with E-state index >= 15 is 0 Å². The van der Waals surface area contributed by atoms with Gasteiger partial charge in [0.15, 0.2) is 0 Å². The van der Waals surface area contributed by atoms with Crippen molar-refractivity contribution < 1.29 is 22.3 Å². The molecule has 0 fully saturated rings. The number of hydrogen-bond donors (Lipinski definition) is 0. The monoisotopic (exact) mass is 303 g/mol. The van der Waals surface area contributed by atoms with Crippen molar-refractivity contribution in [1.82, 2.24) is 0 Å². The van der Waals surface area contributed by atoms with Gasteiger partial charge in [0.25, 0.3) is 0 Å². The number of ether oxygens (including phenoxy) is 1. The lowest BCUT2D eigenvalue weighted by molar-refractivity contribution is -0.166. The minimum Gasteiger partial charge on any atom is -0.492 e. The summed E-state index contributed by atoms with van der Waals surface area (Å²) < 4.78 is 55.7. The summed E-state index contributed by atoms with van der Waals surface area (Å²) in [4.78, 5) is 3.96. The summed E-state index contributed by atoms with van der Waals surface area (Å²) in [6.07, 6.45) is -4.32. The Hall–Kier alpha value is -1.85. The summed E-state index contributed by atoms with van der Waals surface area (Å²) in [7, 11) is 0. The maximum Gasteiger partial charge on any atom is 0.393 e. The van der Waals surface area contributed by atoms with E-state index < -0.39 is 24.5 Å². The molecule has 0 saturated carbocycles. The van der Waals surface area contributed by atoms with E-state index in [1.807, 2.05) is 0 Å². The predicted octanol–water partition coefficient (Wildman–Crippen LogP) is 4.36. The van der Waals surface area contributed by atoms with Gasteiger partial charge in [-0.1, -0.05) is 13.5 Å². The van der Waals surface area contributed by atoms with Crippen LogP contribution in [0.4, 0.5) is 17.6 Å². The molecule has 6 heteroatoms. The van der Waals surface area contributed by atoms with Crippen LogP contribution in [0.1, 0.15) is 19.4 Å². The van der Waals surface area contributed by atoms with Crippen LogP contribution in [0, 0.1) is 11.7 Å². The first-order chi connectivity index (χ1) is 9.75. The van der Waals surface area contributed by atoms with E-state index in [0.29, 0.717) is 12.2 Å². The summed E-state index contributed by atoms with van der Waals surface area (Å²) >= 11 is 0. The van der Waals surface area contributed by atoms with Gasteiger partial charge in [-0.2, -0.15) is 13.2 Å². The zero-order chi connectivity index (χ0) is 16.0. The Morgan fingerprint density at radius 3 is 2.33 bits per heavy atom. The van der Waals surface area contributed by atoms with Crippen molar-refractivity contribution in [3.63, 3.8) is 0 Å². The zero-order valence-corrected chi connectivity index (χ0v) is 11.9. The van der Waals surface area contributed by atoms with Crippen LogP contribution >= 0.6 is 0 Å². The van der Waals surface area contributed by atoms with Crippen molar-refractivity contribution in [3.8, 4) is 0 Å². The molecular weight excluding hydrogens is 286 g/mol. The average Bonchev–Trinajstić information content (AvgIpc) is 2.40. The van der Waals surface area contributed by atoms with Crippen LogP contribution in [-0.4, -0.2) is 25.0 Å². The van der Waals surface area contributed by atoms with E-state index in [1.165, 1.54) is 24.3 Å². The number of nitrogens with zero attached hydrogens (tertiary/aromatic N) is 1. The Balaban J connectivity index is 3.02. The molecule has 0 aliphatic rings. The Kier molecular flexibility index (Phi) is 5.93. The van der Waals surface area contributed by atoms with Crippen LogP contribution in [0.3, 0.4) is 0 Å². The molecule has 0 radical (unpaired) electrons. The third-order valence-corrected chi connectivity index (χ3v) is 2.78. The van der Waals surface area contributed by atoms with Crippen LogP contribution < -0.4 is 0 Å². The lowest BCUT2D eigenvalue weighted by Gasteiger charge is -2.15. The SMILES string of the molecule is C=C(OCC)C(=NCC(C)C(F)(F)F)c1ccc(F)cc1. The van der Waals surface area contributed by atoms with Gasteiger partial charge in [-0.15, -0.1) is 0 Å². The number of alkyl halides is 3. The standard InChI is InChI=1S/C15H17F4NO/c1-4-21-11(3)14(12-5-7-13(16)8-6-12)20-9-10(2)15(17,18)19/h5-8,10H,3-4,9H2,1-2H3. The van der Waals surface area contributed by atoms with Crippen LogP contribution in [0.15, 0.2) is 41.6 Å². The number of rotatable bonds is 6.